The number of urea groups is 1. The SMILES string of the molecule is Cc1ccc(Cn2cc(/C=C(/C#N)C(=O)NC(N)=O)c3ccccc32)cc1. The molecular weight excluding hydrogens is 340 g/mol. The molecule has 0 fully saturated rings. The number of aryl methyl sites for hydroxylation is 1. The minimum absolute atomic E-state index is 0.188. The molecule has 3 rings (SSSR count). The first-order chi connectivity index (χ1) is 13.0. The number of nitrogens with one attached hydrogen (secondary N) is 1. The molecule has 0 spiro atoms. The first-order valence-corrected chi connectivity index (χ1v) is 8.34. The van der Waals surface area contributed by atoms with Crippen molar-refractivity contribution in [2.75, 3.05) is 0 Å². The van der Waals surface area contributed by atoms with Crippen LogP contribution in [0.25, 0.3) is 17.0 Å². The predicted molar refractivity (Wildman–Crippen MR) is 104 cm³/mol. The number of primary amides is 1. The summed E-state index contributed by atoms with van der Waals surface area (Å²) in [5.74, 6) is -0.819. The highest BCUT2D eigenvalue weighted by atomic mass is 16.2. The van der Waals surface area contributed by atoms with E-state index in [1.54, 1.807) is 0 Å². The van der Waals surface area contributed by atoms with Crippen LogP contribution in [0.15, 0.2) is 60.3 Å². The quantitative estimate of drug-likeness (QED) is 0.553. The number of rotatable bonds is 4. The maximum atomic E-state index is 11.9. The predicted octanol–water partition coefficient (Wildman–Crippen LogP) is 3.10. The smallest absolute Gasteiger partial charge is 0.319 e. The molecule has 0 aliphatic carbocycles. The molecule has 0 radical (unpaired) electrons. The van der Waals surface area contributed by atoms with E-state index in [0.29, 0.717) is 12.1 Å². The third kappa shape index (κ3) is 4.05. The van der Waals surface area contributed by atoms with Crippen LogP contribution in [0.2, 0.25) is 0 Å². The van der Waals surface area contributed by atoms with Gasteiger partial charge in [0.25, 0.3) is 5.91 Å². The highest BCUT2D eigenvalue weighted by molar-refractivity contribution is 6.09. The summed E-state index contributed by atoms with van der Waals surface area (Å²) in [5.41, 5.74) is 8.81. The van der Waals surface area contributed by atoms with Crippen LogP contribution in [-0.2, 0) is 11.3 Å². The maximum Gasteiger partial charge on any atom is 0.319 e. The van der Waals surface area contributed by atoms with Crippen molar-refractivity contribution in [1.82, 2.24) is 9.88 Å². The summed E-state index contributed by atoms with van der Waals surface area (Å²) in [7, 11) is 0. The number of fused-ring (bicyclic) bond motifs is 1. The molecule has 3 aromatic rings. The lowest BCUT2D eigenvalue weighted by molar-refractivity contribution is -0.115. The number of hydrogen-bond acceptors (Lipinski definition) is 3. The highest BCUT2D eigenvalue weighted by Gasteiger charge is 2.13. The minimum atomic E-state index is -0.997. The number of carbonyl (C=O) groups is 2. The van der Waals surface area contributed by atoms with E-state index in [-0.39, 0.29) is 5.57 Å². The van der Waals surface area contributed by atoms with E-state index >= 15 is 0 Å². The van der Waals surface area contributed by atoms with Crippen molar-refractivity contribution in [1.29, 1.82) is 5.26 Å². The fourth-order valence-electron chi connectivity index (χ4n) is 2.89. The summed E-state index contributed by atoms with van der Waals surface area (Å²) < 4.78 is 2.06. The van der Waals surface area contributed by atoms with Crippen molar-refractivity contribution in [3.63, 3.8) is 0 Å². The average molecular weight is 358 g/mol. The molecule has 2 aromatic carbocycles. The van der Waals surface area contributed by atoms with Crippen LogP contribution in [0.3, 0.4) is 0 Å². The summed E-state index contributed by atoms with van der Waals surface area (Å²) in [6.45, 7) is 2.70. The molecule has 1 heterocycles. The lowest BCUT2D eigenvalue weighted by Gasteiger charge is -2.06. The van der Waals surface area contributed by atoms with Gasteiger partial charge in [0.1, 0.15) is 11.6 Å². The van der Waals surface area contributed by atoms with Gasteiger partial charge >= 0.3 is 6.03 Å². The Morgan fingerprint density at radius 3 is 2.56 bits per heavy atom. The van der Waals surface area contributed by atoms with Gasteiger partial charge in [0, 0.05) is 29.2 Å². The molecule has 27 heavy (non-hydrogen) atoms. The lowest BCUT2D eigenvalue weighted by atomic mass is 10.1. The van der Waals surface area contributed by atoms with Crippen LogP contribution < -0.4 is 11.1 Å². The average Bonchev–Trinajstić information content (AvgIpc) is 2.98. The van der Waals surface area contributed by atoms with E-state index in [1.807, 2.05) is 48.8 Å². The van der Waals surface area contributed by atoms with Crippen molar-refractivity contribution < 1.29 is 9.59 Å². The van der Waals surface area contributed by atoms with Gasteiger partial charge in [-0.25, -0.2) is 4.79 Å². The minimum Gasteiger partial charge on any atom is -0.351 e. The van der Waals surface area contributed by atoms with Crippen molar-refractivity contribution >= 4 is 28.9 Å². The highest BCUT2D eigenvalue weighted by Crippen LogP contribution is 2.24. The summed E-state index contributed by atoms with van der Waals surface area (Å²) >= 11 is 0. The third-order valence-electron chi connectivity index (χ3n) is 4.19. The van der Waals surface area contributed by atoms with Crippen LogP contribution in [0.5, 0.6) is 0 Å². The number of imide groups is 1. The van der Waals surface area contributed by atoms with E-state index < -0.39 is 11.9 Å². The van der Waals surface area contributed by atoms with E-state index in [1.165, 1.54) is 11.6 Å². The Hall–Kier alpha value is -3.85. The fraction of sp³-hybridized carbons (Fsp3) is 0.0952. The monoisotopic (exact) mass is 358 g/mol. The number of carbonyl (C=O) groups excluding carboxylic acids is 2. The topological polar surface area (TPSA) is 101 Å². The van der Waals surface area contributed by atoms with Gasteiger partial charge in [0.05, 0.1) is 0 Å². The van der Waals surface area contributed by atoms with Crippen molar-refractivity contribution in [3.05, 3.63) is 77.0 Å². The molecule has 3 amide bonds. The van der Waals surface area contributed by atoms with Gasteiger partial charge < -0.3 is 10.3 Å². The first-order valence-electron chi connectivity index (χ1n) is 8.34. The number of benzene rings is 2. The Morgan fingerprint density at radius 1 is 1.19 bits per heavy atom. The summed E-state index contributed by atoms with van der Waals surface area (Å²) in [5, 5.41) is 12.1. The standard InChI is InChI=1S/C21H18N4O2/c1-14-6-8-15(9-7-14)12-25-13-17(18-4-2-3-5-19(18)25)10-16(11-22)20(26)24-21(23)27/h2-10,13H,12H2,1H3,(H3,23,24,26,27)/b16-10-. The number of nitriles is 1. The second kappa shape index (κ2) is 7.58. The Morgan fingerprint density at radius 2 is 1.89 bits per heavy atom. The zero-order chi connectivity index (χ0) is 19.4. The Labute approximate surface area is 156 Å². The zero-order valence-corrected chi connectivity index (χ0v) is 14.8. The van der Waals surface area contributed by atoms with Gasteiger partial charge in [-0.1, -0.05) is 48.0 Å². The summed E-state index contributed by atoms with van der Waals surface area (Å²) in [6.07, 6.45) is 3.35. The van der Waals surface area contributed by atoms with Gasteiger partial charge in [0.15, 0.2) is 0 Å². The Bertz CT molecular complexity index is 1090. The molecule has 6 heteroatoms. The van der Waals surface area contributed by atoms with E-state index in [4.69, 9.17) is 5.73 Å². The molecular formula is C21H18N4O2. The van der Waals surface area contributed by atoms with E-state index in [2.05, 4.69) is 28.8 Å². The molecule has 1 aromatic heterocycles. The molecule has 134 valence electrons. The molecule has 0 aliphatic heterocycles. The molecule has 0 saturated heterocycles. The van der Waals surface area contributed by atoms with E-state index in [0.717, 1.165) is 16.5 Å². The van der Waals surface area contributed by atoms with Gasteiger partial charge in [-0.15, -0.1) is 0 Å². The lowest BCUT2D eigenvalue weighted by Crippen LogP contribution is -2.35. The second-order valence-corrected chi connectivity index (χ2v) is 6.20. The molecule has 0 saturated carbocycles. The van der Waals surface area contributed by atoms with Crippen LogP contribution in [0.4, 0.5) is 4.79 Å². The molecule has 6 nitrogen and oxygen atoms in total. The number of nitrogens with zero attached hydrogens (tertiary/aromatic N) is 2. The van der Waals surface area contributed by atoms with Crippen molar-refractivity contribution in [2.24, 2.45) is 5.73 Å². The van der Waals surface area contributed by atoms with Crippen molar-refractivity contribution in [3.8, 4) is 6.07 Å². The van der Waals surface area contributed by atoms with Gasteiger partial charge in [-0.05, 0) is 24.6 Å². The number of nitrogens with two attached hydrogens (primary N) is 1. The number of aromatic nitrogens is 1. The molecule has 0 atom stereocenters. The number of para-hydroxylation sites is 1. The fourth-order valence-corrected chi connectivity index (χ4v) is 2.89. The van der Waals surface area contributed by atoms with Gasteiger partial charge in [-0.2, -0.15) is 5.26 Å². The first kappa shape index (κ1) is 18.0. The summed E-state index contributed by atoms with van der Waals surface area (Å²) in [6, 6.07) is 16.8. The number of hydrogen-bond donors (Lipinski definition) is 2. The Balaban J connectivity index is 2.03. The largest absolute Gasteiger partial charge is 0.351 e. The maximum absolute atomic E-state index is 11.9. The zero-order valence-electron chi connectivity index (χ0n) is 14.8. The third-order valence-corrected chi connectivity index (χ3v) is 4.19. The van der Waals surface area contributed by atoms with Crippen LogP contribution in [0, 0.1) is 18.3 Å². The summed E-state index contributed by atoms with van der Waals surface area (Å²) in [4.78, 5) is 22.8. The van der Waals surface area contributed by atoms with Gasteiger partial charge in [-0.3, -0.25) is 10.1 Å². The molecule has 0 unspecified atom stereocenters. The van der Waals surface area contributed by atoms with Crippen LogP contribution in [-0.4, -0.2) is 16.5 Å². The molecule has 0 bridgehead atoms. The van der Waals surface area contributed by atoms with Crippen LogP contribution in [0.1, 0.15) is 16.7 Å². The van der Waals surface area contributed by atoms with E-state index in [9.17, 15) is 14.9 Å². The van der Waals surface area contributed by atoms with Crippen molar-refractivity contribution in [2.45, 2.75) is 13.5 Å². The number of amides is 3. The normalized spacial score (nSPS) is 11.2. The second-order valence-electron chi connectivity index (χ2n) is 6.20. The molecule has 0 aliphatic rings. The van der Waals surface area contributed by atoms with Gasteiger partial charge in [0.2, 0.25) is 0 Å². The Kier molecular flexibility index (Phi) is 5.04. The van der Waals surface area contributed by atoms with Crippen LogP contribution >= 0.6 is 0 Å². The molecule has 3 N–H and O–H groups in total.